The highest BCUT2D eigenvalue weighted by molar-refractivity contribution is 6.31. The maximum absolute atomic E-state index is 6.36. The molecule has 2 aliphatic heterocycles. The molecule has 2 unspecified atom stereocenters. The third kappa shape index (κ3) is 2.88. The number of benzene rings is 1. The van der Waals surface area contributed by atoms with Gasteiger partial charge in [-0.25, -0.2) is 0 Å². The maximum Gasteiger partial charge on any atom is 0.0487 e. The van der Waals surface area contributed by atoms with E-state index in [4.69, 9.17) is 11.6 Å². The summed E-state index contributed by atoms with van der Waals surface area (Å²) in [6.07, 6.45) is 7.60. The molecular weight excluding hydrogens is 354 g/mol. The summed E-state index contributed by atoms with van der Waals surface area (Å²) in [7, 11) is 0. The summed E-state index contributed by atoms with van der Waals surface area (Å²) in [4.78, 5) is 4.57. The van der Waals surface area contributed by atoms with Crippen molar-refractivity contribution >= 4 is 22.5 Å². The Hall–Kier alpha value is -1.84. The molecule has 1 N–H and O–H groups in total. The molecule has 5 rings (SSSR count). The van der Waals surface area contributed by atoms with Gasteiger partial charge in [-0.2, -0.15) is 0 Å². The van der Waals surface area contributed by atoms with Gasteiger partial charge in [0.25, 0.3) is 0 Å². The van der Waals surface area contributed by atoms with E-state index in [2.05, 4.69) is 53.0 Å². The second-order valence-electron chi connectivity index (χ2n) is 8.41. The molecule has 0 aliphatic carbocycles. The van der Waals surface area contributed by atoms with Crippen molar-refractivity contribution in [2.75, 3.05) is 0 Å². The van der Waals surface area contributed by atoms with Crippen LogP contribution in [0.5, 0.6) is 0 Å². The number of rotatable bonds is 4. The molecule has 0 spiro atoms. The molecule has 0 radical (unpaired) electrons. The van der Waals surface area contributed by atoms with Crippen LogP contribution in [-0.2, 0) is 25.8 Å². The lowest BCUT2D eigenvalue weighted by atomic mass is 9.91. The molecule has 27 heavy (non-hydrogen) atoms. The minimum atomic E-state index is 0.234. The van der Waals surface area contributed by atoms with Gasteiger partial charge in [0, 0.05) is 58.1 Å². The van der Waals surface area contributed by atoms with Crippen molar-refractivity contribution in [3.05, 3.63) is 64.1 Å². The number of aromatic nitrogens is 2. The first kappa shape index (κ1) is 17.3. The molecule has 140 valence electrons. The third-order valence-electron chi connectivity index (χ3n) is 6.46. The van der Waals surface area contributed by atoms with Crippen LogP contribution in [0.4, 0.5) is 0 Å². The van der Waals surface area contributed by atoms with Gasteiger partial charge in [0.2, 0.25) is 0 Å². The maximum atomic E-state index is 6.36. The number of halogens is 1. The summed E-state index contributed by atoms with van der Waals surface area (Å²) in [6.45, 7) is 5.51. The zero-order valence-electron chi connectivity index (χ0n) is 16.1. The number of nitrogens with one attached hydrogen (secondary N) is 1. The first-order valence-corrected chi connectivity index (χ1v) is 10.5. The van der Waals surface area contributed by atoms with Crippen LogP contribution >= 0.6 is 11.6 Å². The highest BCUT2D eigenvalue weighted by atomic mass is 35.5. The fraction of sp³-hybridized carbons (Fsp3) is 0.435. The van der Waals surface area contributed by atoms with E-state index in [1.54, 1.807) is 0 Å². The van der Waals surface area contributed by atoms with Crippen molar-refractivity contribution in [1.82, 2.24) is 14.9 Å². The lowest BCUT2D eigenvalue weighted by molar-refractivity contribution is 0.361. The molecule has 1 saturated heterocycles. The molecule has 2 aromatic heterocycles. The van der Waals surface area contributed by atoms with Gasteiger partial charge < -0.3 is 9.88 Å². The van der Waals surface area contributed by atoms with Crippen molar-refractivity contribution in [1.29, 1.82) is 0 Å². The zero-order valence-corrected chi connectivity index (χ0v) is 16.8. The van der Waals surface area contributed by atoms with E-state index in [9.17, 15) is 0 Å². The molecule has 4 heteroatoms. The van der Waals surface area contributed by atoms with Gasteiger partial charge in [0.05, 0.1) is 0 Å². The van der Waals surface area contributed by atoms with Crippen LogP contribution in [0.25, 0.3) is 10.9 Å². The Labute approximate surface area is 165 Å². The predicted molar refractivity (Wildman–Crippen MR) is 111 cm³/mol. The minimum Gasteiger partial charge on any atom is -0.344 e. The van der Waals surface area contributed by atoms with E-state index < -0.39 is 0 Å². The summed E-state index contributed by atoms with van der Waals surface area (Å²) in [5, 5.41) is 6.03. The number of hydrogen-bond donors (Lipinski definition) is 1. The Balaban J connectivity index is 1.55. The van der Waals surface area contributed by atoms with Crippen LogP contribution in [0.3, 0.4) is 0 Å². The van der Waals surface area contributed by atoms with Gasteiger partial charge in [-0.3, -0.25) is 4.98 Å². The number of fused-ring (bicyclic) bond motifs is 6. The SMILES string of the molecule is CCc1ccc(CCn2c3c(c4cc(Cl)ccc42)C2CCC(C)(C3)N2)cn1. The number of pyridine rings is 1. The first-order valence-electron chi connectivity index (χ1n) is 10.1. The van der Waals surface area contributed by atoms with Gasteiger partial charge >= 0.3 is 0 Å². The van der Waals surface area contributed by atoms with E-state index in [-0.39, 0.29) is 5.54 Å². The highest BCUT2D eigenvalue weighted by Crippen LogP contribution is 2.46. The molecule has 4 heterocycles. The Kier molecular flexibility index (Phi) is 4.06. The number of hydrogen-bond acceptors (Lipinski definition) is 2. The van der Waals surface area contributed by atoms with Crippen molar-refractivity contribution in [2.45, 2.75) is 64.1 Å². The summed E-state index contributed by atoms with van der Waals surface area (Å²) in [5.74, 6) is 0. The van der Waals surface area contributed by atoms with Crippen LogP contribution in [0.1, 0.15) is 55.2 Å². The molecule has 1 fully saturated rings. The normalized spacial score (nSPS) is 23.7. The lowest BCUT2D eigenvalue weighted by Gasteiger charge is -2.32. The van der Waals surface area contributed by atoms with E-state index >= 15 is 0 Å². The minimum absolute atomic E-state index is 0.234. The van der Waals surface area contributed by atoms with Gasteiger partial charge in [-0.15, -0.1) is 0 Å². The molecule has 2 atom stereocenters. The fourth-order valence-corrected chi connectivity index (χ4v) is 5.22. The zero-order chi connectivity index (χ0) is 18.6. The monoisotopic (exact) mass is 379 g/mol. The van der Waals surface area contributed by atoms with Crippen LogP contribution in [0, 0.1) is 0 Å². The van der Waals surface area contributed by atoms with E-state index in [0.29, 0.717) is 6.04 Å². The summed E-state index contributed by atoms with van der Waals surface area (Å²) in [5.41, 5.74) is 7.02. The van der Waals surface area contributed by atoms with Crippen molar-refractivity contribution < 1.29 is 0 Å². The Morgan fingerprint density at radius 1 is 1.30 bits per heavy atom. The van der Waals surface area contributed by atoms with Gasteiger partial charge in [-0.1, -0.05) is 24.6 Å². The number of aryl methyl sites for hydroxylation is 3. The van der Waals surface area contributed by atoms with E-state index in [1.807, 2.05) is 12.3 Å². The van der Waals surface area contributed by atoms with Gasteiger partial charge in [0.1, 0.15) is 0 Å². The van der Waals surface area contributed by atoms with Crippen LogP contribution in [0.2, 0.25) is 5.02 Å². The quantitative estimate of drug-likeness (QED) is 0.672. The summed E-state index contributed by atoms with van der Waals surface area (Å²) < 4.78 is 2.55. The molecular formula is C23H26ClN3. The molecule has 1 aromatic carbocycles. The highest BCUT2D eigenvalue weighted by Gasteiger charge is 2.43. The van der Waals surface area contributed by atoms with Gasteiger partial charge in [0.15, 0.2) is 0 Å². The summed E-state index contributed by atoms with van der Waals surface area (Å²) in [6, 6.07) is 11.2. The standard InChI is InChI=1S/C23H26ClN3/c1-3-17-6-4-15(14-25-17)9-11-27-20-7-5-16(24)12-18(20)22-19-8-10-23(2,26-19)13-21(22)27/h4-7,12,14,19,26H,3,8-11,13H2,1-2H3. The van der Waals surface area contributed by atoms with Gasteiger partial charge in [-0.05, 0) is 68.0 Å². The average molecular weight is 380 g/mol. The van der Waals surface area contributed by atoms with Crippen molar-refractivity contribution in [3.63, 3.8) is 0 Å². The molecule has 3 nitrogen and oxygen atoms in total. The third-order valence-corrected chi connectivity index (χ3v) is 6.70. The van der Waals surface area contributed by atoms with Crippen LogP contribution in [-0.4, -0.2) is 15.1 Å². The Morgan fingerprint density at radius 2 is 2.19 bits per heavy atom. The average Bonchev–Trinajstić information content (AvgIpc) is 3.14. The second-order valence-corrected chi connectivity index (χ2v) is 8.84. The van der Waals surface area contributed by atoms with Crippen LogP contribution < -0.4 is 5.32 Å². The lowest BCUT2D eigenvalue weighted by Crippen LogP contribution is -2.43. The molecule has 0 saturated carbocycles. The van der Waals surface area contributed by atoms with Crippen LogP contribution in [0.15, 0.2) is 36.5 Å². The Morgan fingerprint density at radius 3 is 2.96 bits per heavy atom. The second kappa shape index (κ2) is 6.35. The predicted octanol–water partition coefficient (Wildman–Crippen LogP) is 5.23. The van der Waals surface area contributed by atoms with E-state index in [1.165, 1.54) is 40.6 Å². The van der Waals surface area contributed by atoms with E-state index in [0.717, 1.165) is 36.5 Å². The largest absolute Gasteiger partial charge is 0.344 e. The smallest absolute Gasteiger partial charge is 0.0487 e. The molecule has 2 aliphatic rings. The first-order chi connectivity index (χ1) is 13.1. The molecule has 3 aromatic rings. The fourth-order valence-electron chi connectivity index (χ4n) is 5.05. The molecule has 0 amide bonds. The van der Waals surface area contributed by atoms with Crippen molar-refractivity contribution in [2.24, 2.45) is 0 Å². The number of nitrogens with zero attached hydrogens (tertiary/aromatic N) is 2. The summed E-state index contributed by atoms with van der Waals surface area (Å²) >= 11 is 6.36. The van der Waals surface area contributed by atoms with Crippen molar-refractivity contribution in [3.8, 4) is 0 Å². The molecule has 2 bridgehead atoms. The topological polar surface area (TPSA) is 29.9 Å². The Bertz CT molecular complexity index is 1000.